The molecule has 0 aromatic rings. The van der Waals surface area contributed by atoms with Crippen molar-refractivity contribution < 1.29 is 18.3 Å². The van der Waals surface area contributed by atoms with Crippen LogP contribution >= 0.6 is 11.8 Å². The van der Waals surface area contributed by atoms with Gasteiger partial charge in [0.25, 0.3) is 0 Å². The van der Waals surface area contributed by atoms with Crippen molar-refractivity contribution in [1.29, 1.82) is 0 Å². The highest BCUT2D eigenvalue weighted by molar-refractivity contribution is 8.00. The Balaban J connectivity index is 2.11. The van der Waals surface area contributed by atoms with Gasteiger partial charge in [0, 0.05) is 18.1 Å². The summed E-state index contributed by atoms with van der Waals surface area (Å²) in [6, 6.07) is -0.120. The second kappa shape index (κ2) is 6.61. The van der Waals surface area contributed by atoms with Crippen LogP contribution in [0.15, 0.2) is 0 Å². The maximum Gasteiger partial charge on any atom is 0.320 e. The van der Waals surface area contributed by atoms with E-state index in [4.69, 9.17) is 5.11 Å². The number of carboxylic acid groups (broad SMARTS) is 1. The Morgan fingerprint density at radius 3 is 2.59 bits per heavy atom. The molecule has 1 aliphatic rings. The van der Waals surface area contributed by atoms with Crippen LogP contribution in [-0.4, -0.2) is 55.1 Å². The predicted molar refractivity (Wildman–Crippen MR) is 69.2 cm³/mol. The fourth-order valence-corrected chi connectivity index (χ4v) is 3.62. The van der Waals surface area contributed by atoms with Crippen LogP contribution in [0, 0.1) is 0 Å². The zero-order valence-corrected chi connectivity index (χ0v) is 11.5. The predicted octanol–water partition coefficient (Wildman–Crippen LogP) is 0.359. The van der Waals surface area contributed by atoms with Gasteiger partial charge in [0.05, 0.1) is 5.75 Å². The largest absolute Gasteiger partial charge is 0.480 e. The summed E-state index contributed by atoms with van der Waals surface area (Å²) in [5, 5.41) is 12.0. The Kier molecular flexibility index (Phi) is 5.75. The van der Waals surface area contributed by atoms with Gasteiger partial charge in [-0.2, -0.15) is 11.8 Å². The molecule has 0 amide bonds. The normalized spacial score (nSPS) is 17.9. The summed E-state index contributed by atoms with van der Waals surface area (Å²) >= 11 is 1.49. The smallest absolute Gasteiger partial charge is 0.320 e. The molecular weight excluding hydrogens is 262 g/mol. The molecule has 1 rings (SSSR count). The second-order valence-corrected chi connectivity index (χ2v) is 7.85. The van der Waals surface area contributed by atoms with Crippen molar-refractivity contribution in [2.24, 2.45) is 0 Å². The number of rotatable bonds is 9. The number of hydrogen-bond donors (Lipinski definition) is 2. The summed E-state index contributed by atoms with van der Waals surface area (Å²) in [6.07, 6.45) is 3.87. The number of nitrogens with one attached hydrogen (secondary N) is 1. The summed E-state index contributed by atoms with van der Waals surface area (Å²) in [4.78, 5) is 10.9. The Labute approximate surface area is 106 Å². The Morgan fingerprint density at radius 2 is 2.12 bits per heavy atom. The minimum atomic E-state index is -2.90. The van der Waals surface area contributed by atoms with Gasteiger partial charge in [0.1, 0.15) is 15.9 Å². The van der Waals surface area contributed by atoms with Crippen LogP contribution in [0.2, 0.25) is 0 Å². The van der Waals surface area contributed by atoms with Crippen molar-refractivity contribution in [2.45, 2.75) is 31.3 Å². The Morgan fingerprint density at radius 1 is 1.47 bits per heavy atom. The van der Waals surface area contributed by atoms with Crippen molar-refractivity contribution in [3.8, 4) is 0 Å². The van der Waals surface area contributed by atoms with Crippen LogP contribution in [0.3, 0.4) is 0 Å². The fourth-order valence-electron chi connectivity index (χ4n) is 1.33. The van der Waals surface area contributed by atoms with Crippen molar-refractivity contribution in [1.82, 2.24) is 5.32 Å². The van der Waals surface area contributed by atoms with E-state index in [2.05, 4.69) is 5.32 Å². The molecule has 1 unspecified atom stereocenters. The van der Waals surface area contributed by atoms with Crippen molar-refractivity contribution in [2.75, 3.05) is 23.5 Å². The highest BCUT2D eigenvalue weighted by Crippen LogP contribution is 2.20. The molecular formula is C10H19NO4S2. The molecule has 1 fully saturated rings. The second-order valence-electron chi connectivity index (χ2n) is 4.36. The van der Waals surface area contributed by atoms with E-state index in [9.17, 15) is 13.2 Å². The molecule has 1 saturated carbocycles. The maximum absolute atomic E-state index is 10.9. The lowest BCUT2D eigenvalue weighted by Crippen LogP contribution is -2.38. The molecule has 0 aromatic carbocycles. The molecule has 0 aromatic heterocycles. The van der Waals surface area contributed by atoms with Crippen LogP contribution < -0.4 is 5.32 Å². The number of sulfone groups is 1. The van der Waals surface area contributed by atoms with Crippen LogP contribution in [0.25, 0.3) is 0 Å². The lowest BCUT2D eigenvalue weighted by atomic mass is 10.2. The third-order valence-corrected chi connectivity index (χ3v) is 4.68. The Bertz CT molecular complexity index is 351. The van der Waals surface area contributed by atoms with Gasteiger partial charge in [0.2, 0.25) is 0 Å². The van der Waals surface area contributed by atoms with Crippen LogP contribution in [-0.2, 0) is 14.6 Å². The molecule has 0 heterocycles. The average molecular weight is 281 g/mol. The summed E-state index contributed by atoms with van der Waals surface area (Å²) in [5.41, 5.74) is 0. The highest BCUT2D eigenvalue weighted by Gasteiger charge is 2.27. The third-order valence-electron chi connectivity index (χ3n) is 2.46. The van der Waals surface area contributed by atoms with Gasteiger partial charge in [-0.1, -0.05) is 0 Å². The molecule has 1 aliphatic carbocycles. The zero-order valence-electron chi connectivity index (χ0n) is 9.89. The lowest BCUT2D eigenvalue weighted by Gasteiger charge is -2.13. The number of carbonyl (C=O) groups is 1. The van der Waals surface area contributed by atoms with Gasteiger partial charge < -0.3 is 10.4 Å². The molecule has 1 atom stereocenters. The first-order valence-electron chi connectivity index (χ1n) is 5.63. The summed E-state index contributed by atoms with van der Waals surface area (Å²) in [5.74, 6) is 0.548. The topological polar surface area (TPSA) is 83.5 Å². The quantitative estimate of drug-likeness (QED) is 0.594. The molecule has 0 saturated heterocycles. The van der Waals surface area contributed by atoms with Gasteiger partial charge in [-0.25, -0.2) is 8.42 Å². The molecule has 0 radical (unpaired) electrons. The summed E-state index contributed by atoms with van der Waals surface area (Å²) < 4.78 is 21.7. The van der Waals surface area contributed by atoms with Gasteiger partial charge in [0.15, 0.2) is 0 Å². The third kappa shape index (κ3) is 7.62. The monoisotopic (exact) mass is 281 g/mol. The fraction of sp³-hybridized carbons (Fsp3) is 0.900. The summed E-state index contributed by atoms with van der Waals surface area (Å²) in [6.45, 7) is 0. The number of hydrogen-bond acceptors (Lipinski definition) is 5. The number of thioether (sulfide) groups is 1. The Hall–Kier alpha value is -0.270. The molecule has 0 aliphatic heterocycles. The standard InChI is InChI=1S/C10H19NO4S2/c1-17(14,15)7-6-16-5-4-9(10(12)13)11-8-2-3-8/h8-9,11H,2-7H2,1H3,(H,12,13). The van der Waals surface area contributed by atoms with Gasteiger partial charge in [-0.05, 0) is 25.0 Å². The molecule has 0 spiro atoms. The van der Waals surface area contributed by atoms with Gasteiger partial charge in [-0.15, -0.1) is 0 Å². The minimum Gasteiger partial charge on any atom is -0.480 e. The van der Waals surface area contributed by atoms with Crippen molar-refractivity contribution >= 4 is 27.6 Å². The van der Waals surface area contributed by atoms with E-state index >= 15 is 0 Å². The first-order chi connectivity index (χ1) is 7.88. The van der Waals surface area contributed by atoms with E-state index < -0.39 is 21.8 Å². The number of carboxylic acids is 1. The summed E-state index contributed by atoms with van der Waals surface area (Å²) in [7, 11) is -2.90. The lowest BCUT2D eigenvalue weighted by molar-refractivity contribution is -0.139. The van der Waals surface area contributed by atoms with E-state index in [0.717, 1.165) is 12.8 Å². The molecule has 2 N–H and O–H groups in total. The highest BCUT2D eigenvalue weighted by atomic mass is 32.2. The molecule has 5 nitrogen and oxygen atoms in total. The minimum absolute atomic E-state index is 0.158. The van der Waals surface area contributed by atoms with Crippen LogP contribution in [0.5, 0.6) is 0 Å². The molecule has 100 valence electrons. The molecule has 17 heavy (non-hydrogen) atoms. The maximum atomic E-state index is 10.9. The van der Waals surface area contributed by atoms with E-state index in [1.807, 2.05) is 0 Å². The van der Waals surface area contributed by atoms with Gasteiger partial charge >= 0.3 is 5.97 Å². The number of aliphatic carboxylic acids is 1. The first-order valence-corrected chi connectivity index (χ1v) is 8.84. The molecule has 0 bridgehead atoms. The van der Waals surface area contributed by atoms with Crippen molar-refractivity contribution in [3.05, 3.63) is 0 Å². The van der Waals surface area contributed by atoms with E-state index in [1.54, 1.807) is 0 Å². The van der Waals surface area contributed by atoms with E-state index in [0.29, 0.717) is 24.0 Å². The van der Waals surface area contributed by atoms with Gasteiger partial charge in [-0.3, -0.25) is 4.79 Å². The van der Waals surface area contributed by atoms with Crippen LogP contribution in [0.1, 0.15) is 19.3 Å². The zero-order chi connectivity index (χ0) is 12.9. The molecule has 7 heteroatoms. The van der Waals surface area contributed by atoms with Crippen LogP contribution in [0.4, 0.5) is 0 Å². The first kappa shape index (κ1) is 14.8. The van der Waals surface area contributed by atoms with E-state index in [1.165, 1.54) is 18.0 Å². The average Bonchev–Trinajstić information content (AvgIpc) is 2.97. The van der Waals surface area contributed by atoms with Crippen molar-refractivity contribution in [3.63, 3.8) is 0 Å². The van der Waals surface area contributed by atoms with E-state index in [-0.39, 0.29) is 5.75 Å². The SMILES string of the molecule is CS(=O)(=O)CCSCCC(NC1CC1)C(=O)O.